The van der Waals surface area contributed by atoms with E-state index in [0.29, 0.717) is 0 Å². The predicted molar refractivity (Wildman–Crippen MR) is 89.1 cm³/mol. The third-order valence-corrected chi connectivity index (χ3v) is 1.67. The van der Waals surface area contributed by atoms with Crippen molar-refractivity contribution < 1.29 is 9.47 Å². The number of hydrogen-bond donors (Lipinski definition) is 0. The molecule has 0 spiro atoms. The van der Waals surface area contributed by atoms with E-state index < -0.39 is 0 Å². The highest BCUT2D eigenvalue weighted by Crippen LogP contribution is 1.73. The zero-order valence-electron chi connectivity index (χ0n) is 14.0. The lowest BCUT2D eigenvalue weighted by atomic mass is 10.5. The summed E-state index contributed by atoms with van der Waals surface area (Å²) in [5, 5.41) is 0. The van der Waals surface area contributed by atoms with Crippen LogP contribution in [0.15, 0.2) is 43.2 Å². The fourth-order valence-electron chi connectivity index (χ4n) is 0.721. The van der Waals surface area contributed by atoms with Crippen molar-refractivity contribution in [2.24, 2.45) is 0 Å². The van der Waals surface area contributed by atoms with Crippen LogP contribution in [0.1, 0.15) is 40.0 Å². The van der Waals surface area contributed by atoms with Gasteiger partial charge in [0.25, 0.3) is 0 Å². The van der Waals surface area contributed by atoms with E-state index in [-0.39, 0.29) is 0 Å². The zero-order valence-corrected chi connectivity index (χ0v) is 14.0. The number of allylic oxidation sites excluding steroid dienone is 1. The molecule has 0 N–H and O–H groups in total. The number of aromatic nitrogens is 1. The Balaban J connectivity index is -0.000000195. The van der Waals surface area contributed by atoms with Crippen molar-refractivity contribution in [3.8, 4) is 0 Å². The quantitative estimate of drug-likeness (QED) is 0.731. The van der Waals surface area contributed by atoms with E-state index in [0.717, 1.165) is 32.5 Å². The molecule has 1 rings (SSSR count). The van der Waals surface area contributed by atoms with Gasteiger partial charge in [-0.05, 0) is 31.4 Å². The topological polar surface area (TPSA) is 31.4 Å². The lowest BCUT2D eigenvalue weighted by Gasteiger charge is -1.84. The summed E-state index contributed by atoms with van der Waals surface area (Å²) in [7, 11) is 3.42. The molecule has 118 valence electrons. The van der Waals surface area contributed by atoms with Gasteiger partial charge in [-0.25, -0.2) is 0 Å². The molecule has 0 saturated carbocycles. The summed E-state index contributed by atoms with van der Waals surface area (Å²) in [5.41, 5.74) is 0. The summed E-state index contributed by atoms with van der Waals surface area (Å²) in [6, 6.07) is 5.72. The maximum Gasteiger partial charge on any atom is 0.0459 e. The number of rotatable bonds is 5. The third-order valence-electron chi connectivity index (χ3n) is 1.67. The molecule has 0 radical (unpaired) electrons. The second-order valence-corrected chi connectivity index (χ2v) is 3.71. The van der Waals surface area contributed by atoms with Crippen molar-refractivity contribution in [2.75, 3.05) is 27.4 Å². The van der Waals surface area contributed by atoms with Gasteiger partial charge in [0.15, 0.2) is 0 Å². The van der Waals surface area contributed by atoms with Gasteiger partial charge in [-0.3, -0.25) is 4.98 Å². The Labute approximate surface area is 126 Å². The monoisotopic (exact) mass is 283 g/mol. The highest BCUT2D eigenvalue weighted by atomic mass is 16.5. The molecule has 0 fully saturated rings. The van der Waals surface area contributed by atoms with Crippen LogP contribution in [0.5, 0.6) is 0 Å². The van der Waals surface area contributed by atoms with Crippen LogP contribution in [0, 0.1) is 0 Å². The third kappa shape index (κ3) is 43.7. The molecule has 1 aromatic rings. The van der Waals surface area contributed by atoms with Crippen LogP contribution >= 0.6 is 0 Å². The largest absolute Gasteiger partial charge is 0.385 e. The molecule has 3 heteroatoms. The molecule has 0 bridgehead atoms. The lowest BCUT2D eigenvalue weighted by molar-refractivity contribution is 0.199. The molecule has 20 heavy (non-hydrogen) atoms. The summed E-state index contributed by atoms with van der Waals surface area (Å²) in [6.07, 6.45) is 8.70. The Kier molecular flexibility index (Phi) is 36.6. The number of methoxy groups -OCH3 is 2. The highest BCUT2D eigenvalue weighted by Gasteiger charge is 1.66. The van der Waals surface area contributed by atoms with Crippen LogP contribution in [-0.2, 0) is 9.47 Å². The van der Waals surface area contributed by atoms with E-state index in [4.69, 9.17) is 9.47 Å². The molecule has 0 aliphatic carbocycles. The first-order valence-electron chi connectivity index (χ1n) is 7.18. The smallest absolute Gasteiger partial charge is 0.0459 e. The van der Waals surface area contributed by atoms with Crippen molar-refractivity contribution in [3.05, 3.63) is 43.2 Å². The van der Waals surface area contributed by atoms with E-state index >= 15 is 0 Å². The fraction of sp³-hybridized carbons (Fsp3) is 0.588. The molecule has 0 atom stereocenters. The van der Waals surface area contributed by atoms with Gasteiger partial charge in [-0.15, -0.1) is 6.58 Å². The van der Waals surface area contributed by atoms with Crippen LogP contribution in [0.2, 0.25) is 0 Å². The first kappa shape index (κ1) is 23.9. The van der Waals surface area contributed by atoms with Crippen molar-refractivity contribution >= 4 is 0 Å². The highest BCUT2D eigenvalue weighted by molar-refractivity contribution is 4.88. The molecule has 0 aliphatic heterocycles. The van der Waals surface area contributed by atoms with Crippen LogP contribution < -0.4 is 0 Å². The Morgan fingerprint density at radius 3 is 1.35 bits per heavy atom. The standard InChI is InChI=1S/C5H5N.2C4H10O.C4H8/c1-2-4-6-5-3-1;2*1-3-4-5-2;1-3-4-2/h1-5H;2*3-4H2,1-2H3;3H,1,4H2,2H3. The molecule has 0 aliphatic rings. The minimum atomic E-state index is 0.889. The van der Waals surface area contributed by atoms with Crippen molar-refractivity contribution in [1.82, 2.24) is 4.98 Å². The Morgan fingerprint density at radius 1 is 0.900 bits per heavy atom. The number of ether oxygens (including phenoxy) is 2. The van der Waals surface area contributed by atoms with E-state index in [1.807, 2.05) is 24.3 Å². The summed E-state index contributed by atoms with van der Waals surface area (Å²) >= 11 is 0. The van der Waals surface area contributed by atoms with Gasteiger partial charge >= 0.3 is 0 Å². The number of hydrogen-bond acceptors (Lipinski definition) is 3. The van der Waals surface area contributed by atoms with E-state index in [1.165, 1.54) is 0 Å². The van der Waals surface area contributed by atoms with Crippen molar-refractivity contribution in [1.29, 1.82) is 0 Å². The Hall–Kier alpha value is -1.19. The van der Waals surface area contributed by atoms with Gasteiger partial charge in [0.05, 0.1) is 0 Å². The molecule has 1 heterocycles. The maximum absolute atomic E-state index is 4.69. The molecule has 0 amide bonds. The van der Waals surface area contributed by atoms with Gasteiger partial charge in [0, 0.05) is 39.8 Å². The molecule has 1 aromatic heterocycles. The molecule has 0 unspecified atom stereocenters. The van der Waals surface area contributed by atoms with Crippen LogP contribution in [0.4, 0.5) is 0 Å². The van der Waals surface area contributed by atoms with E-state index in [9.17, 15) is 0 Å². The lowest BCUT2D eigenvalue weighted by Crippen LogP contribution is -1.80. The summed E-state index contributed by atoms with van der Waals surface area (Å²) in [5.74, 6) is 0. The van der Waals surface area contributed by atoms with Gasteiger partial charge in [-0.1, -0.05) is 32.9 Å². The Morgan fingerprint density at radius 2 is 1.30 bits per heavy atom. The summed E-state index contributed by atoms with van der Waals surface area (Å²) in [4.78, 5) is 3.78. The van der Waals surface area contributed by atoms with Crippen LogP contribution in [0.3, 0.4) is 0 Å². The molecule has 0 aromatic carbocycles. The average Bonchev–Trinajstić information content (AvgIpc) is 2.52. The molecule has 3 nitrogen and oxygen atoms in total. The normalized spacial score (nSPS) is 7.85. The second-order valence-electron chi connectivity index (χ2n) is 3.71. The van der Waals surface area contributed by atoms with Gasteiger partial charge in [0.1, 0.15) is 0 Å². The first-order valence-corrected chi connectivity index (χ1v) is 7.18. The summed E-state index contributed by atoms with van der Waals surface area (Å²) in [6.45, 7) is 11.5. The van der Waals surface area contributed by atoms with Crippen molar-refractivity contribution in [2.45, 2.75) is 40.0 Å². The van der Waals surface area contributed by atoms with Gasteiger partial charge in [0.2, 0.25) is 0 Å². The predicted octanol–water partition coefficient (Wildman–Crippen LogP) is 4.75. The first-order chi connectivity index (χ1) is 9.74. The second kappa shape index (κ2) is 30.7. The number of nitrogens with zero attached hydrogens (tertiary/aromatic N) is 1. The fourth-order valence-corrected chi connectivity index (χ4v) is 0.721. The van der Waals surface area contributed by atoms with Gasteiger partial charge in [-0.2, -0.15) is 0 Å². The van der Waals surface area contributed by atoms with Crippen molar-refractivity contribution in [3.63, 3.8) is 0 Å². The van der Waals surface area contributed by atoms with Crippen LogP contribution in [0.25, 0.3) is 0 Å². The SMILES string of the molecule is C=CCC.CCCOC.CCCOC.c1ccncc1. The molecular weight excluding hydrogens is 250 g/mol. The minimum Gasteiger partial charge on any atom is -0.385 e. The number of pyridine rings is 1. The molecular formula is C17H33NO2. The summed E-state index contributed by atoms with van der Waals surface area (Å²) < 4.78 is 9.38. The van der Waals surface area contributed by atoms with Crippen LogP contribution in [-0.4, -0.2) is 32.4 Å². The molecule has 0 saturated heterocycles. The van der Waals surface area contributed by atoms with E-state index in [1.54, 1.807) is 26.6 Å². The van der Waals surface area contributed by atoms with Gasteiger partial charge < -0.3 is 9.47 Å². The average molecular weight is 283 g/mol. The zero-order chi connectivity index (χ0) is 15.9. The maximum atomic E-state index is 4.69. The van der Waals surface area contributed by atoms with E-state index in [2.05, 4.69) is 32.3 Å². The minimum absolute atomic E-state index is 0.889. The Bertz CT molecular complexity index is 191.